The van der Waals surface area contributed by atoms with E-state index in [1.54, 1.807) is 11.3 Å². The second-order valence-corrected chi connectivity index (χ2v) is 9.73. The average Bonchev–Trinajstić information content (AvgIpc) is 3.14. The molecule has 0 bridgehead atoms. The molecule has 0 saturated carbocycles. The van der Waals surface area contributed by atoms with Gasteiger partial charge in [-0.3, -0.25) is 10.1 Å². The molecule has 1 aliphatic heterocycles. The highest BCUT2D eigenvalue weighted by Crippen LogP contribution is 2.36. The molecule has 3 amide bonds. The van der Waals surface area contributed by atoms with Crippen LogP contribution in [0, 0.1) is 0 Å². The molecule has 4 N–H and O–H groups in total. The molecule has 3 heterocycles. The van der Waals surface area contributed by atoms with E-state index in [0.717, 1.165) is 47.7 Å². The molecule has 0 fully saturated rings. The first-order valence-electron chi connectivity index (χ1n) is 10.6. The predicted octanol–water partition coefficient (Wildman–Crippen LogP) is 1.81. The Morgan fingerprint density at radius 3 is 2.81 bits per heavy atom. The fourth-order valence-corrected chi connectivity index (χ4v) is 5.70. The zero-order chi connectivity index (χ0) is 22.5. The number of thiophene rings is 1. The van der Waals surface area contributed by atoms with Crippen LogP contribution >= 0.6 is 23.1 Å². The van der Waals surface area contributed by atoms with E-state index in [-0.39, 0.29) is 11.7 Å². The van der Waals surface area contributed by atoms with Gasteiger partial charge in [-0.2, -0.15) is 0 Å². The van der Waals surface area contributed by atoms with Gasteiger partial charge in [0.1, 0.15) is 17.2 Å². The summed E-state index contributed by atoms with van der Waals surface area (Å²) in [6.45, 7) is 5.27. The maximum Gasteiger partial charge on any atom is 0.321 e. The van der Waals surface area contributed by atoms with Gasteiger partial charge in [-0.05, 0) is 18.1 Å². The summed E-state index contributed by atoms with van der Waals surface area (Å²) in [6, 6.07) is 9.03. The monoisotopic (exact) mass is 471 g/mol. The van der Waals surface area contributed by atoms with Crippen molar-refractivity contribution in [1.29, 1.82) is 0 Å². The van der Waals surface area contributed by atoms with Crippen LogP contribution in [-0.2, 0) is 24.3 Å². The number of quaternary nitrogens is 1. The van der Waals surface area contributed by atoms with E-state index < -0.39 is 6.03 Å². The van der Waals surface area contributed by atoms with Gasteiger partial charge in [0.15, 0.2) is 5.16 Å². The van der Waals surface area contributed by atoms with Gasteiger partial charge in [0.2, 0.25) is 5.91 Å². The van der Waals surface area contributed by atoms with E-state index in [2.05, 4.69) is 28.0 Å². The number of anilines is 1. The Morgan fingerprint density at radius 1 is 1.22 bits per heavy atom. The van der Waals surface area contributed by atoms with Gasteiger partial charge < -0.3 is 15.5 Å². The molecule has 3 aromatic rings. The van der Waals surface area contributed by atoms with Crippen molar-refractivity contribution in [3.63, 3.8) is 0 Å². The number of hydrogen-bond acceptors (Lipinski definition) is 7. The van der Waals surface area contributed by atoms with Gasteiger partial charge in [0, 0.05) is 19.5 Å². The minimum Gasteiger partial charge on any atom is -0.370 e. The third kappa shape index (κ3) is 5.37. The summed E-state index contributed by atoms with van der Waals surface area (Å²) in [5.74, 6) is 0.511. The van der Waals surface area contributed by atoms with Gasteiger partial charge in [-0.15, -0.1) is 11.3 Å². The van der Waals surface area contributed by atoms with Crippen molar-refractivity contribution in [1.82, 2.24) is 20.6 Å². The number of nitrogens with zero attached hydrogens (tertiary/aromatic N) is 2. The number of nitrogens with one attached hydrogen (secondary N) is 4. The highest BCUT2D eigenvalue weighted by atomic mass is 32.2. The number of urea groups is 1. The first-order valence-corrected chi connectivity index (χ1v) is 12.5. The average molecular weight is 472 g/mol. The van der Waals surface area contributed by atoms with Crippen molar-refractivity contribution in [3.8, 4) is 0 Å². The van der Waals surface area contributed by atoms with Crippen molar-refractivity contribution in [2.45, 2.75) is 31.6 Å². The summed E-state index contributed by atoms with van der Waals surface area (Å²) < 4.78 is 0. The number of hydrogen-bond donors (Lipinski definition) is 4. The summed E-state index contributed by atoms with van der Waals surface area (Å²) in [4.78, 5) is 37.5. The minimum atomic E-state index is -0.512. The molecule has 4 rings (SSSR count). The molecule has 10 heteroatoms. The van der Waals surface area contributed by atoms with Gasteiger partial charge in [0.05, 0.1) is 29.6 Å². The first-order chi connectivity index (χ1) is 15.5. The molecule has 0 spiro atoms. The Morgan fingerprint density at radius 2 is 2.03 bits per heavy atom. The third-order valence-corrected chi connectivity index (χ3v) is 7.18. The Kier molecular flexibility index (Phi) is 7.23. The predicted molar refractivity (Wildman–Crippen MR) is 128 cm³/mol. The van der Waals surface area contributed by atoms with E-state index in [9.17, 15) is 9.59 Å². The Bertz CT molecular complexity index is 1120. The minimum absolute atomic E-state index is 0.0633. The maximum atomic E-state index is 12.2. The Balaban J connectivity index is 1.39. The van der Waals surface area contributed by atoms with E-state index in [0.29, 0.717) is 11.7 Å². The van der Waals surface area contributed by atoms with Gasteiger partial charge in [-0.25, -0.2) is 14.8 Å². The van der Waals surface area contributed by atoms with Crippen LogP contribution in [0.1, 0.15) is 22.9 Å². The lowest BCUT2D eigenvalue weighted by molar-refractivity contribution is -0.895. The number of thioether (sulfide) groups is 1. The van der Waals surface area contributed by atoms with Crippen LogP contribution in [0.4, 0.5) is 10.6 Å². The molecule has 2 aromatic heterocycles. The number of likely N-dealkylation sites (N-methyl/N-ethyl adjacent to an activating group) is 1. The highest BCUT2D eigenvalue weighted by molar-refractivity contribution is 7.99. The SMILES string of the molecule is CCNc1nc(SCC(=O)NC(=O)NCc2ccccc2)nc2sc3c(c12)CC[NH+](C)C3. The Hall–Kier alpha value is -2.69. The number of fused-ring (bicyclic) bond motifs is 3. The number of rotatable bonds is 7. The van der Waals surface area contributed by atoms with Gasteiger partial charge in [0.25, 0.3) is 0 Å². The van der Waals surface area contributed by atoms with Crippen LogP contribution in [-0.4, -0.2) is 47.8 Å². The molecule has 1 aromatic carbocycles. The highest BCUT2D eigenvalue weighted by Gasteiger charge is 2.25. The summed E-state index contributed by atoms with van der Waals surface area (Å²) in [7, 11) is 2.21. The second-order valence-electron chi connectivity index (χ2n) is 7.71. The molecule has 8 nitrogen and oxygen atoms in total. The largest absolute Gasteiger partial charge is 0.370 e. The molecule has 0 aliphatic carbocycles. The lowest BCUT2D eigenvalue weighted by Gasteiger charge is -2.19. The summed E-state index contributed by atoms with van der Waals surface area (Å²) in [5.41, 5.74) is 2.32. The van der Waals surface area contributed by atoms with Crippen LogP contribution in [0.2, 0.25) is 0 Å². The molecule has 1 atom stereocenters. The zero-order valence-corrected chi connectivity index (χ0v) is 19.8. The lowest BCUT2D eigenvalue weighted by Crippen LogP contribution is -3.08. The van der Waals surface area contributed by atoms with Crippen molar-refractivity contribution >= 4 is 51.1 Å². The van der Waals surface area contributed by atoms with Gasteiger partial charge >= 0.3 is 6.03 Å². The van der Waals surface area contributed by atoms with Crippen LogP contribution in [0.15, 0.2) is 35.5 Å². The molecule has 1 unspecified atom stereocenters. The number of carbonyl (C=O) groups is 2. The van der Waals surface area contributed by atoms with Crippen LogP contribution in [0.3, 0.4) is 0 Å². The number of benzene rings is 1. The number of imide groups is 1. The van der Waals surface area contributed by atoms with Gasteiger partial charge in [-0.1, -0.05) is 42.1 Å². The standard InChI is InChI=1S/C22H26N6O2S2/c1-3-23-19-18-15-9-10-28(2)12-16(15)32-20(18)27-22(26-19)31-13-17(29)25-21(30)24-11-14-7-5-4-6-8-14/h4-8H,3,9-13H2,1-2H3,(H,23,26,27)(H2,24,25,29,30)/p+1. The molecule has 0 saturated heterocycles. The number of carbonyl (C=O) groups excluding carboxylic acids is 2. The Labute approximate surface area is 195 Å². The van der Waals surface area contributed by atoms with Crippen molar-refractivity contribution in [2.75, 3.05) is 31.2 Å². The van der Waals surface area contributed by atoms with E-state index in [4.69, 9.17) is 4.98 Å². The first kappa shape index (κ1) is 22.5. The fraction of sp³-hybridized carbons (Fsp3) is 0.364. The normalized spacial score (nSPS) is 15.2. The number of amides is 3. The van der Waals surface area contributed by atoms with Crippen LogP contribution in [0.25, 0.3) is 10.2 Å². The smallest absolute Gasteiger partial charge is 0.321 e. The van der Waals surface area contributed by atoms with Crippen molar-refractivity contribution < 1.29 is 14.5 Å². The molecule has 0 radical (unpaired) electrons. The second kappa shape index (κ2) is 10.3. The van der Waals surface area contributed by atoms with Crippen LogP contribution in [0.5, 0.6) is 0 Å². The van der Waals surface area contributed by atoms with Crippen molar-refractivity contribution in [3.05, 3.63) is 46.3 Å². The summed E-state index contributed by atoms with van der Waals surface area (Å²) >= 11 is 2.95. The maximum absolute atomic E-state index is 12.2. The number of aromatic nitrogens is 2. The molecule has 1 aliphatic rings. The molecule has 168 valence electrons. The summed E-state index contributed by atoms with van der Waals surface area (Å²) in [6.07, 6.45) is 1.02. The molecule has 32 heavy (non-hydrogen) atoms. The van der Waals surface area contributed by atoms with Crippen molar-refractivity contribution in [2.24, 2.45) is 0 Å². The quantitative estimate of drug-likeness (QED) is 0.310. The van der Waals surface area contributed by atoms with E-state index >= 15 is 0 Å². The lowest BCUT2D eigenvalue weighted by atomic mass is 10.1. The topological polar surface area (TPSA) is 100 Å². The van der Waals surface area contributed by atoms with Crippen LogP contribution < -0.4 is 20.9 Å². The summed E-state index contributed by atoms with van der Waals surface area (Å²) in [5, 5.41) is 10.1. The molecular formula is C22H27N6O2S2+. The third-order valence-electron chi connectivity index (χ3n) is 5.20. The molecular weight excluding hydrogens is 444 g/mol. The zero-order valence-electron chi connectivity index (χ0n) is 18.2. The van der Waals surface area contributed by atoms with E-state index in [1.165, 1.54) is 27.1 Å². The fourth-order valence-electron chi connectivity index (χ4n) is 3.67. The van der Waals surface area contributed by atoms with E-state index in [1.807, 2.05) is 37.3 Å².